The fourth-order valence-corrected chi connectivity index (χ4v) is 3.70. The summed E-state index contributed by atoms with van der Waals surface area (Å²) in [4.78, 5) is 30.7. The van der Waals surface area contributed by atoms with Gasteiger partial charge in [0.1, 0.15) is 0 Å². The van der Waals surface area contributed by atoms with E-state index in [-0.39, 0.29) is 18.5 Å². The quantitative estimate of drug-likeness (QED) is 0.483. The summed E-state index contributed by atoms with van der Waals surface area (Å²) < 4.78 is 20.6. The standard InChI is InChI=1S/C11H20N2O3.C7H11NO2.C5H11NO2/c14-11(13-5-9-16-10-6-13)1-2-12-3-7-15-8-4-12;1-2-7(9)8-3-5-10-6-4-8;7-5-6-1-3-8-4-2-6/h1-10H2;2H,1,3-6H2;7H,1-5H2. The first-order valence-corrected chi connectivity index (χ1v) is 12.2. The zero-order chi connectivity index (χ0) is 24.4. The molecule has 4 saturated heterocycles. The van der Waals surface area contributed by atoms with Crippen molar-refractivity contribution in [3.8, 4) is 0 Å². The van der Waals surface area contributed by atoms with Crippen molar-refractivity contribution in [1.82, 2.24) is 19.6 Å². The van der Waals surface area contributed by atoms with E-state index in [1.807, 2.05) is 9.80 Å². The lowest BCUT2D eigenvalue weighted by Crippen LogP contribution is -2.43. The van der Waals surface area contributed by atoms with E-state index in [1.165, 1.54) is 6.08 Å². The van der Waals surface area contributed by atoms with Gasteiger partial charge >= 0.3 is 0 Å². The predicted molar refractivity (Wildman–Crippen MR) is 126 cm³/mol. The van der Waals surface area contributed by atoms with Crippen LogP contribution in [0.5, 0.6) is 0 Å². The minimum absolute atomic E-state index is 0.00306. The predicted octanol–water partition coefficient (Wildman–Crippen LogP) is -1.13. The summed E-state index contributed by atoms with van der Waals surface area (Å²) in [5.74, 6) is 0.262. The Morgan fingerprint density at radius 2 is 1.09 bits per heavy atom. The summed E-state index contributed by atoms with van der Waals surface area (Å²) in [6.07, 6.45) is 1.96. The molecular formula is C23H42N4O7. The van der Waals surface area contributed by atoms with Crippen LogP contribution >= 0.6 is 0 Å². The maximum atomic E-state index is 11.9. The van der Waals surface area contributed by atoms with Gasteiger partial charge in [0.2, 0.25) is 11.8 Å². The van der Waals surface area contributed by atoms with Crippen LogP contribution in [0.15, 0.2) is 12.7 Å². The van der Waals surface area contributed by atoms with Gasteiger partial charge in [0.15, 0.2) is 0 Å². The SMILES string of the molecule is C=CC(=O)N1CCOCC1.O=C(CCN1CCOCC1)N1CCOCC1.OCN1CCOCC1. The monoisotopic (exact) mass is 486 g/mol. The van der Waals surface area contributed by atoms with Gasteiger partial charge in [-0.05, 0) is 6.08 Å². The number of rotatable bonds is 5. The van der Waals surface area contributed by atoms with Crippen molar-refractivity contribution >= 4 is 11.8 Å². The Balaban J connectivity index is 0.000000195. The molecule has 4 aliphatic rings. The Hall–Kier alpha value is -1.60. The fraction of sp³-hybridized carbons (Fsp3) is 0.826. The summed E-state index contributed by atoms with van der Waals surface area (Å²) in [5.41, 5.74) is 0. The van der Waals surface area contributed by atoms with E-state index in [0.717, 1.165) is 72.2 Å². The minimum atomic E-state index is 0.00306. The molecule has 0 spiro atoms. The lowest BCUT2D eigenvalue weighted by molar-refractivity contribution is -0.135. The number of hydrogen-bond acceptors (Lipinski definition) is 9. The van der Waals surface area contributed by atoms with Crippen LogP contribution in [0.2, 0.25) is 0 Å². The van der Waals surface area contributed by atoms with Crippen LogP contribution in [0.4, 0.5) is 0 Å². The molecule has 11 nitrogen and oxygen atoms in total. The van der Waals surface area contributed by atoms with E-state index in [4.69, 9.17) is 24.1 Å². The van der Waals surface area contributed by atoms with Crippen LogP contribution in [0.1, 0.15) is 6.42 Å². The molecule has 0 aliphatic carbocycles. The minimum Gasteiger partial charge on any atom is -0.381 e. The Morgan fingerprint density at radius 3 is 1.50 bits per heavy atom. The maximum Gasteiger partial charge on any atom is 0.246 e. The van der Waals surface area contributed by atoms with Gasteiger partial charge in [-0.3, -0.25) is 19.4 Å². The topological polar surface area (TPSA) is 104 Å². The molecule has 0 atom stereocenters. The van der Waals surface area contributed by atoms with Crippen molar-refractivity contribution in [3.05, 3.63) is 12.7 Å². The summed E-state index contributed by atoms with van der Waals surface area (Å²) in [6, 6.07) is 0. The van der Waals surface area contributed by atoms with Crippen LogP contribution in [-0.4, -0.2) is 155 Å². The highest BCUT2D eigenvalue weighted by molar-refractivity contribution is 5.87. The van der Waals surface area contributed by atoms with Crippen LogP contribution in [0, 0.1) is 0 Å². The van der Waals surface area contributed by atoms with Gasteiger partial charge in [-0.25, -0.2) is 0 Å². The van der Waals surface area contributed by atoms with E-state index in [1.54, 1.807) is 4.90 Å². The van der Waals surface area contributed by atoms with Gasteiger partial charge in [0.25, 0.3) is 0 Å². The zero-order valence-electron chi connectivity index (χ0n) is 20.4. The van der Waals surface area contributed by atoms with Crippen LogP contribution < -0.4 is 0 Å². The van der Waals surface area contributed by atoms with Crippen LogP contribution in [-0.2, 0) is 28.5 Å². The van der Waals surface area contributed by atoms with Crippen molar-refractivity contribution in [1.29, 1.82) is 0 Å². The van der Waals surface area contributed by atoms with Crippen LogP contribution in [0.25, 0.3) is 0 Å². The van der Waals surface area contributed by atoms with E-state index >= 15 is 0 Å². The molecule has 0 aromatic heterocycles. The summed E-state index contributed by atoms with van der Waals surface area (Å²) in [6.45, 7) is 16.8. The molecule has 4 fully saturated rings. The Morgan fingerprint density at radius 1 is 0.676 bits per heavy atom. The molecule has 0 saturated carbocycles. The van der Waals surface area contributed by atoms with E-state index < -0.39 is 0 Å². The molecule has 0 aromatic rings. The number of carbonyl (C=O) groups is 2. The van der Waals surface area contributed by atoms with Crippen molar-refractivity contribution in [2.45, 2.75) is 6.42 Å². The molecule has 4 rings (SSSR count). The molecule has 2 amide bonds. The summed E-state index contributed by atoms with van der Waals surface area (Å²) in [7, 11) is 0. The van der Waals surface area contributed by atoms with Gasteiger partial charge in [0.05, 0.1) is 59.6 Å². The number of morpholine rings is 4. The molecule has 0 bridgehead atoms. The second-order valence-electron chi connectivity index (χ2n) is 8.21. The van der Waals surface area contributed by atoms with E-state index in [0.29, 0.717) is 45.9 Å². The molecule has 4 heterocycles. The molecule has 34 heavy (non-hydrogen) atoms. The summed E-state index contributed by atoms with van der Waals surface area (Å²) >= 11 is 0. The Labute approximate surface area is 203 Å². The number of ether oxygens (including phenoxy) is 4. The van der Waals surface area contributed by atoms with Crippen molar-refractivity contribution in [3.63, 3.8) is 0 Å². The molecule has 11 heteroatoms. The smallest absolute Gasteiger partial charge is 0.246 e. The molecule has 0 unspecified atom stereocenters. The van der Waals surface area contributed by atoms with E-state index in [9.17, 15) is 9.59 Å². The number of hydrogen-bond donors (Lipinski definition) is 1. The normalized spacial score (nSPS) is 22.0. The third-order valence-electron chi connectivity index (χ3n) is 5.91. The van der Waals surface area contributed by atoms with Gasteiger partial charge < -0.3 is 33.9 Å². The first-order chi connectivity index (χ1) is 16.6. The maximum absolute atomic E-state index is 11.9. The number of aliphatic hydroxyl groups is 1. The van der Waals surface area contributed by atoms with Gasteiger partial charge in [-0.1, -0.05) is 6.58 Å². The second kappa shape index (κ2) is 17.8. The average Bonchev–Trinajstić information content (AvgIpc) is 2.94. The molecule has 1 N–H and O–H groups in total. The van der Waals surface area contributed by atoms with Crippen LogP contribution in [0.3, 0.4) is 0 Å². The van der Waals surface area contributed by atoms with Gasteiger partial charge in [0, 0.05) is 65.3 Å². The molecular weight excluding hydrogens is 444 g/mol. The molecule has 0 radical (unpaired) electrons. The third kappa shape index (κ3) is 11.7. The number of carbonyl (C=O) groups excluding carboxylic acids is 2. The van der Waals surface area contributed by atoms with Gasteiger partial charge in [-0.2, -0.15) is 0 Å². The third-order valence-corrected chi connectivity index (χ3v) is 5.91. The van der Waals surface area contributed by atoms with Crippen molar-refractivity contribution < 1.29 is 33.6 Å². The summed E-state index contributed by atoms with van der Waals surface area (Å²) in [5, 5.41) is 8.56. The van der Waals surface area contributed by atoms with E-state index in [2.05, 4.69) is 11.5 Å². The fourth-order valence-electron chi connectivity index (χ4n) is 3.70. The largest absolute Gasteiger partial charge is 0.381 e. The Bertz CT molecular complexity index is 572. The zero-order valence-corrected chi connectivity index (χ0v) is 20.4. The lowest BCUT2D eigenvalue weighted by Gasteiger charge is -2.29. The van der Waals surface area contributed by atoms with Crippen molar-refractivity contribution in [2.75, 3.05) is 118 Å². The Kier molecular flexibility index (Phi) is 15.0. The average molecular weight is 487 g/mol. The highest BCUT2D eigenvalue weighted by Gasteiger charge is 2.18. The molecule has 196 valence electrons. The lowest BCUT2D eigenvalue weighted by atomic mass is 10.3. The van der Waals surface area contributed by atoms with Gasteiger partial charge in [-0.15, -0.1) is 0 Å². The number of amides is 2. The number of nitrogens with zero attached hydrogens (tertiary/aromatic N) is 4. The van der Waals surface area contributed by atoms with Crippen molar-refractivity contribution in [2.24, 2.45) is 0 Å². The molecule has 0 aromatic carbocycles. The molecule has 4 aliphatic heterocycles. The first-order valence-electron chi connectivity index (χ1n) is 12.2. The number of aliphatic hydroxyl groups excluding tert-OH is 1. The first kappa shape index (κ1) is 28.6. The highest BCUT2D eigenvalue weighted by atomic mass is 16.5. The highest BCUT2D eigenvalue weighted by Crippen LogP contribution is 2.03. The second-order valence-corrected chi connectivity index (χ2v) is 8.21.